The maximum atomic E-state index is 14.6. The van der Waals surface area contributed by atoms with E-state index >= 15 is 0 Å². The number of ether oxygens (including phenoxy) is 2. The van der Waals surface area contributed by atoms with Gasteiger partial charge in [-0.15, -0.1) is 0 Å². The Morgan fingerprint density at radius 3 is 1.93 bits per heavy atom. The van der Waals surface area contributed by atoms with Gasteiger partial charge in [0.25, 0.3) is 5.91 Å². The van der Waals surface area contributed by atoms with Crippen LogP contribution in [-0.4, -0.2) is 47.6 Å². The quantitative estimate of drug-likeness (QED) is 0.276. The average molecular weight is 582 g/mol. The van der Waals surface area contributed by atoms with Crippen LogP contribution in [0.15, 0.2) is 42.5 Å². The normalized spacial score (nSPS) is 13.7. The van der Waals surface area contributed by atoms with Crippen LogP contribution in [0.4, 0.5) is 10.5 Å². The second-order valence-electron chi connectivity index (χ2n) is 13.0. The van der Waals surface area contributed by atoms with Crippen LogP contribution in [-0.2, 0) is 14.3 Å². The smallest absolute Gasteiger partial charge is 0.408 e. The molecule has 0 saturated heterocycles. The number of alkyl carbamates (subject to hydrolysis) is 1. The third-order valence-corrected chi connectivity index (χ3v) is 6.94. The van der Waals surface area contributed by atoms with Crippen molar-refractivity contribution in [1.29, 1.82) is 0 Å². The molecule has 0 heterocycles. The highest BCUT2D eigenvalue weighted by Crippen LogP contribution is 2.31. The fourth-order valence-electron chi connectivity index (χ4n) is 4.91. The van der Waals surface area contributed by atoms with Crippen molar-refractivity contribution in [2.75, 3.05) is 12.4 Å². The molecule has 0 bridgehead atoms. The average Bonchev–Trinajstić information content (AvgIpc) is 2.87. The third kappa shape index (κ3) is 10.4. The van der Waals surface area contributed by atoms with Crippen molar-refractivity contribution in [3.8, 4) is 5.75 Å². The Labute approximate surface area is 252 Å². The second-order valence-corrected chi connectivity index (χ2v) is 13.0. The van der Waals surface area contributed by atoms with E-state index < -0.39 is 23.8 Å². The van der Waals surface area contributed by atoms with Crippen LogP contribution in [0, 0.1) is 25.7 Å². The highest BCUT2D eigenvalue weighted by Gasteiger charge is 2.40. The molecule has 42 heavy (non-hydrogen) atoms. The summed E-state index contributed by atoms with van der Waals surface area (Å²) in [6, 6.07) is 10.9. The van der Waals surface area contributed by atoms with E-state index in [0.717, 1.165) is 17.5 Å². The molecule has 0 aliphatic carbocycles. The van der Waals surface area contributed by atoms with Crippen molar-refractivity contribution in [2.45, 2.75) is 106 Å². The molecule has 3 unspecified atom stereocenters. The maximum Gasteiger partial charge on any atom is 0.408 e. The van der Waals surface area contributed by atoms with Crippen LogP contribution in [0.25, 0.3) is 0 Å². The molecule has 0 spiro atoms. The molecule has 232 valence electrons. The lowest BCUT2D eigenvalue weighted by atomic mass is 9.93. The molecule has 2 rings (SSSR count). The van der Waals surface area contributed by atoms with Gasteiger partial charge in [0.1, 0.15) is 23.4 Å². The fraction of sp³-hybridized carbons (Fsp3) is 0.559. The van der Waals surface area contributed by atoms with Crippen molar-refractivity contribution in [3.63, 3.8) is 0 Å². The SMILES string of the molecule is COc1ccc(NC(=O)C(c2cc(C)cc(C)c2)N(C(=O)C(NC(=O)OC(C)(C)C)C(C)C)C(C)CCC(C)C)cc1. The first-order valence-corrected chi connectivity index (χ1v) is 14.9. The molecule has 3 amide bonds. The fourth-order valence-corrected chi connectivity index (χ4v) is 4.91. The minimum atomic E-state index is -0.943. The summed E-state index contributed by atoms with van der Waals surface area (Å²) >= 11 is 0. The molecule has 2 aromatic rings. The van der Waals surface area contributed by atoms with Crippen LogP contribution in [0.1, 0.15) is 91.0 Å². The van der Waals surface area contributed by atoms with E-state index in [-0.39, 0.29) is 23.8 Å². The first kappa shape index (κ1) is 34.7. The summed E-state index contributed by atoms with van der Waals surface area (Å²) < 4.78 is 10.8. The van der Waals surface area contributed by atoms with Crippen LogP contribution in [0.3, 0.4) is 0 Å². The number of methoxy groups -OCH3 is 1. The molecule has 0 fully saturated rings. The molecule has 0 aliphatic rings. The highest BCUT2D eigenvalue weighted by atomic mass is 16.6. The predicted octanol–water partition coefficient (Wildman–Crippen LogP) is 7.19. The van der Waals surface area contributed by atoms with Gasteiger partial charge in [-0.2, -0.15) is 0 Å². The number of anilines is 1. The first-order valence-electron chi connectivity index (χ1n) is 14.9. The Morgan fingerprint density at radius 2 is 1.45 bits per heavy atom. The number of aryl methyl sites for hydroxylation is 2. The van der Waals surface area contributed by atoms with Crippen LogP contribution >= 0.6 is 0 Å². The van der Waals surface area contributed by atoms with Crippen molar-refractivity contribution in [3.05, 3.63) is 59.2 Å². The van der Waals surface area contributed by atoms with Crippen molar-refractivity contribution in [1.82, 2.24) is 10.2 Å². The highest BCUT2D eigenvalue weighted by molar-refractivity contribution is 5.99. The second kappa shape index (κ2) is 15.1. The lowest BCUT2D eigenvalue weighted by molar-refractivity contribution is -0.144. The van der Waals surface area contributed by atoms with Gasteiger partial charge in [-0.3, -0.25) is 9.59 Å². The van der Waals surface area contributed by atoms with Crippen LogP contribution in [0.2, 0.25) is 0 Å². The molecule has 2 N–H and O–H groups in total. The van der Waals surface area contributed by atoms with Gasteiger partial charge in [0.15, 0.2) is 0 Å². The number of carbonyl (C=O) groups is 3. The van der Waals surface area contributed by atoms with E-state index in [1.807, 2.05) is 52.8 Å². The van der Waals surface area contributed by atoms with Gasteiger partial charge < -0.3 is 25.0 Å². The minimum absolute atomic E-state index is 0.255. The Bertz CT molecular complexity index is 1180. The van der Waals surface area contributed by atoms with E-state index in [1.165, 1.54) is 0 Å². The topological polar surface area (TPSA) is 97.0 Å². The number of nitrogens with zero attached hydrogens (tertiary/aromatic N) is 1. The van der Waals surface area contributed by atoms with Crippen LogP contribution in [0.5, 0.6) is 5.75 Å². The monoisotopic (exact) mass is 581 g/mol. The summed E-state index contributed by atoms with van der Waals surface area (Å²) in [5.41, 5.74) is 2.55. The number of hydrogen-bond acceptors (Lipinski definition) is 5. The van der Waals surface area contributed by atoms with Crippen molar-refractivity contribution >= 4 is 23.6 Å². The summed E-state index contributed by atoms with van der Waals surface area (Å²) in [6.07, 6.45) is 0.892. The number of carbonyl (C=O) groups excluding carboxylic acids is 3. The van der Waals surface area contributed by atoms with Gasteiger partial charge in [-0.05, 0) is 96.0 Å². The van der Waals surface area contributed by atoms with Crippen LogP contribution < -0.4 is 15.4 Å². The lowest BCUT2D eigenvalue weighted by Gasteiger charge is -2.39. The summed E-state index contributed by atoms with van der Waals surface area (Å²) in [6.45, 7) is 19.3. The number of nitrogens with one attached hydrogen (secondary N) is 2. The van der Waals surface area contributed by atoms with Gasteiger partial charge in [0.2, 0.25) is 5.91 Å². The van der Waals surface area contributed by atoms with E-state index in [1.54, 1.807) is 57.0 Å². The van der Waals surface area contributed by atoms with E-state index in [0.29, 0.717) is 29.3 Å². The minimum Gasteiger partial charge on any atom is -0.497 e. The number of benzene rings is 2. The Hall–Kier alpha value is -3.55. The summed E-state index contributed by atoms with van der Waals surface area (Å²) in [5.74, 6) is 0.161. The molecule has 0 aliphatic heterocycles. The molecule has 0 aromatic heterocycles. The number of amides is 3. The summed E-state index contributed by atoms with van der Waals surface area (Å²) in [4.78, 5) is 43.3. The number of hydrogen-bond donors (Lipinski definition) is 2. The third-order valence-electron chi connectivity index (χ3n) is 6.94. The van der Waals surface area contributed by atoms with Gasteiger partial charge in [0, 0.05) is 11.7 Å². The van der Waals surface area contributed by atoms with E-state index in [4.69, 9.17) is 9.47 Å². The molecule has 2 aromatic carbocycles. The summed E-state index contributed by atoms with van der Waals surface area (Å²) in [5, 5.41) is 5.83. The number of rotatable bonds is 12. The molecular weight excluding hydrogens is 530 g/mol. The van der Waals surface area contributed by atoms with Crippen molar-refractivity contribution in [2.24, 2.45) is 11.8 Å². The van der Waals surface area contributed by atoms with Gasteiger partial charge in [-0.1, -0.05) is 57.0 Å². The molecule has 8 heteroatoms. The molecule has 3 atom stereocenters. The molecular formula is C34H51N3O5. The lowest BCUT2D eigenvalue weighted by Crippen LogP contribution is -2.56. The summed E-state index contributed by atoms with van der Waals surface area (Å²) in [7, 11) is 1.59. The Balaban J connectivity index is 2.65. The van der Waals surface area contributed by atoms with Gasteiger partial charge in [-0.25, -0.2) is 4.79 Å². The largest absolute Gasteiger partial charge is 0.497 e. The van der Waals surface area contributed by atoms with E-state index in [9.17, 15) is 14.4 Å². The zero-order valence-electron chi connectivity index (χ0n) is 27.3. The first-order chi connectivity index (χ1) is 19.5. The van der Waals surface area contributed by atoms with Gasteiger partial charge >= 0.3 is 6.09 Å². The maximum absolute atomic E-state index is 14.6. The molecule has 0 saturated carbocycles. The zero-order chi connectivity index (χ0) is 31.8. The zero-order valence-corrected chi connectivity index (χ0v) is 27.3. The molecule has 0 radical (unpaired) electrons. The standard InChI is InChI=1S/C34H51N3O5/c1-21(2)12-13-25(7)37(32(39)29(22(3)4)36-33(40)42-34(8,9)10)30(26-19-23(5)18-24(6)20-26)31(38)35-27-14-16-28(41-11)17-15-27/h14-22,25,29-30H,12-13H2,1-11H3,(H,35,38)(H,36,40). The van der Waals surface area contributed by atoms with Gasteiger partial charge in [0.05, 0.1) is 7.11 Å². The molecule has 8 nitrogen and oxygen atoms in total. The Morgan fingerprint density at radius 1 is 0.881 bits per heavy atom. The van der Waals surface area contributed by atoms with Crippen molar-refractivity contribution < 1.29 is 23.9 Å². The predicted molar refractivity (Wildman–Crippen MR) is 169 cm³/mol. The van der Waals surface area contributed by atoms with E-state index in [2.05, 4.69) is 24.5 Å². The Kier molecular flexibility index (Phi) is 12.4.